The maximum absolute atomic E-state index is 5.01. The lowest BCUT2D eigenvalue weighted by molar-refractivity contribution is 0.308. The first-order chi connectivity index (χ1) is 21.1. The largest absolute Gasteiger partial charge is 0.345 e. The summed E-state index contributed by atoms with van der Waals surface area (Å²) in [5, 5.41) is 0. The zero-order valence-corrected chi connectivity index (χ0v) is 24.1. The molecule has 43 heavy (non-hydrogen) atoms. The summed E-state index contributed by atoms with van der Waals surface area (Å²) < 4.78 is 0. The number of pyridine rings is 1. The highest BCUT2D eigenvalue weighted by molar-refractivity contribution is 5.94. The minimum atomic E-state index is -0.137. The molecule has 9 rings (SSSR count). The van der Waals surface area contributed by atoms with E-state index in [0.29, 0.717) is 0 Å². The molecule has 0 radical (unpaired) electrons. The lowest BCUT2D eigenvalue weighted by Crippen LogP contribution is -2.61. The number of aromatic nitrogens is 3. The highest BCUT2D eigenvalue weighted by Crippen LogP contribution is 2.63. The number of para-hydroxylation sites is 3. The number of fused-ring (bicyclic) bond motifs is 14. The van der Waals surface area contributed by atoms with Gasteiger partial charge in [0.05, 0.1) is 11.4 Å². The van der Waals surface area contributed by atoms with Crippen LogP contribution in [0.25, 0.3) is 5.57 Å². The van der Waals surface area contributed by atoms with E-state index in [9.17, 15) is 0 Å². The number of hydrogen-bond acceptors (Lipinski definition) is 7. The van der Waals surface area contributed by atoms with Gasteiger partial charge in [0.25, 0.3) is 0 Å². The number of rotatable bonds is 2. The molecular weight excluding hydrogens is 530 g/mol. The maximum atomic E-state index is 5.01. The lowest BCUT2D eigenvalue weighted by Gasteiger charge is -2.51. The van der Waals surface area contributed by atoms with E-state index in [0.717, 1.165) is 45.7 Å². The van der Waals surface area contributed by atoms with Gasteiger partial charge in [-0.25, -0.2) is 15.0 Å². The Morgan fingerprint density at radius 3 is 2.02 bits per heavy atom. The van der Waals surface area contributed by atoms with Gasteiger partial charge in [-0.1, -0.05) is 61.2 Å². The zero-order chi connectivity index (χ0) is 28.8. The van der Waals surface area contributed by atoms with Gasteiger partial charge in [-0.05, 0) is 61.4 Å². The number of hydrogen-bond donors (Lipinski definition) is 0. The maximum Gasteiger partial charge on any atom is 0.178 e. The number of allylic oxidation sites excluding steroid dienone is 1. The summed E-state index contributed by atoms with van der Waals surface area (Å²) >= 11 is 0. The molecule has 0 bridgehead atoms. The first-order valence-electron chi connectivity index (χ1n) is 15.0. The third kappa shape index (κ3) is 3.16. The smallest absolute Gasteiger partial charge is 0.178 e. The van der Waals surface area contributed by atoms with E-state index >= 15 is 0 Å². The van der Waals surface area contributed by atoms with Crippen molar-refractivity contribution in [3.8, 4) is 0 Å². The van der Waals surface area contributed by atoms with Crippen molar-refractivity contribution in [2.45, 2.75) is 38.1 Å². The number of anilines is 7. The van der Waals surface area contributed by atoms with Gasteiger partial charge >= 0.3 is 0 Å². The van der Waals surface area contributed by atoms with Crippen LogP contribution in [-0.2, 0) is 0 Å². The van der Waals surface area contributed by atoms with Crippen molar-refractivity contribution in [3.63, 3.8) is 0 Å². The van der Waals surface area contributed by atoms with Gasteiger partial charge < -0.3 is 19.6 Å². The Morgan fingerprint density at radius 1 is 0.605 bits per heavy atom. The van der Waals surface area contributed by atoms with Crippen molar-refractivity contribution < 1.29 is 0 Å². The highest BCUT2D eigenvalue weighted by atomic mass is 15.5. The van der Waals surface area contributed by atoms with Crippen molar-refractivity contribution in [2.24, 2.45) is 5.92 Å². The van der Waals surface area contributed by atoms with Crippen LogP contribution in [0.1, 0.15) is 30.9 Å². The van der Waals surface area contributed by atoms with Crippen LogP contribution in [0.15, 0.2) is 116 Å². The molecule has 5 aromatic rings. The average Bonchev–Trinajstić information content (AvgIpc) is 3.55. The van der Waals surface area contributed by atoms with Gasteiger partial charge in [-0.15, -0.1) is 0 Å². The van der Waals surface area contributed by atoms with Gasteiger partial charge in [0.1, 0.15) is 12.3 Å². The molecule has 7 nitrogen and oxygen atoms in total. The van der Waals surface area contributed by atoms with Gasteiger partial charge in [-0.3, -0.25) is 0 Å². The van der Waals surface area contributed by atoms with E-state index in [1.165, 1.54) is 11.3 Å². The van der Waals surface area contributed by atoms with E-state index < -0.39 is 0 Å². The number of benzene rings is 3. The molecule has 6 heterocycles. The fourth-order valence-electron chi connectivity index (χ4n) is 8.08. The second kappa shape index (κ2) is 8.91. The molecule has 4 unspecified atom stereocenters. The fraction of sp³-hybridized carbons (Fsp3) is 0.194. The van der Waals surface area contributed by atoms with E-state index in [-0.39, 0.29) is 30.2 Å². The van der Waals surface area contributed by atoms with Crippen molar-refractivity contribution in [1.29, 1.82) is 0 Å². The third-order valence-corrected chi connectivity index (χ3v) is 9.55. The molecule has 0 N–H and O–H groups in total. The average molecular weight is 562 g/mol. The van der Waals surface area contributed by atoms with Gasteiger partial charge in [0.15, 0.2) is 17.5 Å². The summed E-state index contributed by atoms with van der Waals surface area (Å²) in [6.07, 6.45) is 5.37. The molecule has 0 aliphatic carbocycles. The van der Waals surface area contributed by atoms with Crippen LogP contribution in [0.4, 0.5) is 40.2 Å². The predicted octanol–water partition coefficient (Wildman–Crippen LogP) is 7.62. The second-order valence-electron chi connectivity index (χ2n) is 12.0. The van der Waals surface area contributed by atoms with Crippen LogP contribution in [0.5, 0.6) is 0 Å². The molecule has 4 aliphatic rings. The summed E-state index contributed by atoms with van der Waals surface area (Å²) in [6.45, 7) is 9.45. The quantitative estimate of drug-likeness (QED) is 0.220. The van der Waals surface area contributed by atoms with Crippen LogP contribution in [0.2, 0.25) is 0 Å². The molecule has 2 aromatic heterocycles. The SMILES string of the molecule is C=C1c2ccccc2N2c3nccnc3N(c3ccccc3)C2C2C1c1ccccc1N1c3ncccc3N(C(C)C)C21. The predicted molar refractivity (Wildman–Crippen MR) is 172 cm³/mol. The van der Waals surface area contributed by atoms with Gasteiger partial charge in [0.2, 0.25) is 0 Å². The van der Waals surface area contributed by atoms with Crippen LogP contribution >= 0.6 is 0 Å². The molecule has 4 atom stereocenters. The van der Waals surface area contributed by atoms with Gasteiger partial charge in [-0.2, -0.15) is 0 Å². The van der Waals surface area contributed by atoms with Crippen LogP contribution < -0.4 is 19.6 Å². The highest BCUT2D eigenvalue weighted by Gasteiger charge is 2.60. The number of nitrogens with zero attached hydrogens (tertiary/aromatic N) is 7. The Hall–Kier alpha value is -5.17. The standard InChI is InChI=1S/C36H31N7/c1-22(2)40-29-18-11-19-37-32(29)42-28-17-10-8-15-26(28)30-23(3)25-14-7-9-16-27(25)43-34-33(38-20-21-39-34)41(24-12-5-4-6-13-24)36(43)31(30)35(40)42/h4-22,30-31,35-36H,3H2,1-2H3. The molecule has 7 heteroatoms. The second-order valence-corrected chi connectivity index (χ2v) is 12.0. The Bertz CT molecular complexity index is 1900. The lowest BCUT2D eigenvalue weighted by atomic mass is 9.72. The first kappa shape index (κ1) is 24.4. The molecule has 4 aliphatic heterocycles. The van der Waals surface area contributed by atoms with Crippen molar-refractivity contribution in [3.05, 3.63) is 127 Å². The molecule has 0 saturated carbocycles. The van der Waals surface area contributed by atoms with Crippen LogP contribution in [0, 0.1) is 5.92 Å². The van der Waals surface area contributed by atoms with Crippen molar-refractivity contribution in [1.82, 2.24) is 15.0 Å². The normalized spacial score (nSPS) is 22.7. The Labute approximate surface area is 251 Å². The Morgan fingerprint density at radius 2 is 1.23 bits per heavy atom. The van der Waals surface area contributed by atoms with E-state index in [2.05, 4.69) is 124 Å². The minimum absolute atomic E-state index is 0.0242. The molecule has 0 amide bonds. The van der Waals surface area contributed by atoms with E-state index in [4.69, 9.17) is 21.5 Å². The fourth-order valence-corrected chi connectivity index (χ4v) is 8.08. The van der Waals surface area contributed by atoms with Crippen LogP contribution in [0.3, 0.4) is 0 Å². The van der Waals surface area contributed by atoms with E-state index in [1.54, 1.807) is 0 Å². The topological polar surface area (TPSA) is 51.6 Å². The summed E-state index contributed by atoms with van der Waals surface area (Å²) in [7, 11) is 0. The molecule has 0 spiro atoms. The van der Waals surface area contributed by atoms with Crippen molar-refractivity contribution >= 4 is 45.8 Å². The molecule has 0 fully saturated rings. The van der Waals surface area contributed by atoms with Crippen molar-refractivity contribution in [2.75, 3.05) is 19.6 Å². The van der Waals surface area contributed by atoms with Gasteiger partial charge in [0, 0.05) is 53.4 Å². The van der Waals surface area contributed by atoms with Crippen LogP contribution in [-0.4, -0.2) is 33.3 Å². The molecule has 210 valence electrons. The van der Waals surface area contributed by atoms with E-state index in [1.807, 2.05) is 18.6 Å². The Balaban J connectivity index is 1.40. The summed E-state index contributed by atoms with van der Waals surface area (Å²) in [5.41, 5.74) is 8.12. The zero-order valence-electron chi connectivity index (χ0n) is 24.1. The first-order valence-corrected chi connectivity index (χ1v) is 15.0. The summed E-state index contributed by atoms with van der Waals surface area (Å²) in [6, 6.07) is 32.7. The Kier molecular flexibility index (Phi) is 5.06. The molecular formula is C36H31N7. The third-order valence-electron chi connectivity index (χ3n) is 9.55. The minimum Gasteiger partial charge on any atom is -0.345 e. The monoisotopic (exact) mass is 561 g/mol. The molecule has 0 saturated heterocycles. The molecule has 3 aromatic carbocycles. The summed E-state index contributed by atoms with van der Waals surface area (Å²) in [4.78, 5) is 24.9. The summed E-state index contributed by atoms with van der Waals surface area (Å²) in [5.74, 6) is 2.80.